The molecule has 1 saturated carbocycles. The maximum atomic E-state index is 12.3. The molecule has 29 heavy (non-hydrogen) atoms. The molecule has 1 aliphatic rings. The van der Waals surface area contributed by atoms with E-state index in [-0.39, 0.29) is 12.0 Å². The highest BCUT2D eigenvalue weighted by Crippen LogP contribution is 2.26. The van der Waals surface area contributed by atoms with Crippen molar-refractivity contribution in [3.63, 3.8) is 0 Å². The second-order valence-corrected chi connectivity index (χ2v) is 11.5. The number of rotatable bonds is 9. The van der Waals surface area contributed by atoms with Crippen molar-refractivity contribution in [1.29, 1.82) is 0 Å². The van der Waals surface area contributed by atoms with E-state index in [9.17, 15) is 13.2 Å². The summed E-state index contributed by atoms with van der Waals surface area (Å²) in [6.45, 7) is 8.56. The Bertz CT molecular complexity index is 746. The first-order valence-electron chi connectivity index (χ1n) is 10.6. The average Bonchev–Trinajstić information content (AvgIpc) is 2.62. The van der Waals surface area contributed by atoms with E-state index >= 15 is 0 Å². The molecular weight excluding hydrogens is 388 g/mol. The summed E-state index contributed by atoms with van der Waals surface area (Å²) in [6, 6.07) is 7.73. The molecule has 1 aromatic carbocycles. The van der Waals surface area contributed by atoms with E-state index < -0.39 is 14.8 Å². The van der Waals surface area contributed by atoms with Crippen molar-refractivity contribution in [3.8, 4) is 5.75 Å². The summed E-state index contributed by atoms with van der Waals surface area (Å²) in [4.78, 5) is 10.9. The van der Waals surface area contributed by atoms with Gasteiger partial charge in [-0.1, -0.05) is 12.1 Å². The lowest BCUT2D eigenvalue weighted by Gasteiger charge is -2.31. The van der Waals surface area contributed by atoms with Gasteiger partial charge in [0.05, 0.1) is 4.75 Å². The van der Waals surface area contributed by atoms with Crippen LogP contribution in [0.25, 0.3) is 0 Å². The Morgan fingerprint density at radius 3 is 2.28 bits per heavy atom. The molecule has 0 aromatic heterocycles. The minimum absolute atomic E-state index is 0.0745. The molecule has 2 rings (SSSR count). The number of sulfonamides is 1. The highest BCUT2D eigenvalue weighted by atomic mass is 32.2. The van der Waals surface area contributed by atoms with E-state index in [1.165, 1.54) is 12.5 Å². The van der Waals surface area contributed by atoms with Crippen molar-refractivity contribution in [2.75, 3.05) is 13.1 Å². The number of carbonyl (C=O) groups excluding carboxylic acids is 1. The maximum Gasteiger partial charge on any atom is 0.308 e. The molecule has 1 aliphatic carbocycles. The largest absolute Gasteiger partial charge is 0.427 e. The Morgan fingerprint density at radius 2 is 1.72 bits per heavy atom. The fourth-order valence-electron chi connectivity index (χ4n) is 3.49. The number of ether oxygens (including phenoxy) is 1. The number of hydrogen-bond donors (Lipinski definition) is 2. The SMILES string of the molecule is CC(=O)Oc1ccc(CCCNCC2CCC(NS(=O)(=O)C(C)(C)C)CC2)cc1. The van der Waals surface area contributed by atoms with Crippen LogP contribution in [0, 0.1) is 5.92 Å². The number of aryl methyl sites for hydroxylation is 1. The van der Waals surface area contributed by atoms with Crippen molar-refractivity contribution in [2.45, 2.75) is 77.0 Å². The third kappa shape index (κ3) is 8.07. The number of nitrogens with one attached hydrogen (secondary N) is 2. The Kier molecular flexibility index (Phi) is 8.67. The Labute approximate surface area is 175 Å². The van der Waals surface area contributed by atoms with Crippen LogP contribution in [0.15, 0.2) is 24.3 Å². The zero-order valence-electron chi connectivity index (χ0n) is 18.2. The quantitative estimate of drug-likeness (QED) is 0.360. The van der Waals surface area contributed by atoms with Crippen LogP contribution in [-0.2, 0) is 21.2 Å². The Balaban J connectivity index is 1.60. The summed E-state index contributed by atoms with van der Waals surface area (Å²) in [5, 5.41) is 3.54. The van der Waals surface area contributed by atoms with Gasteiger partial charge in [-0.3, -0.25) is 4.79 Å². The predicted octanol–water partition coefficient (Wildman–Crippen LogP) is 3.41. The predicted molar refractivity (Wildman–Crippen MR) is 116 cm³/mol. The topological polar surface area (TPSA) is 84.5 Å². The molecule has 2 N–H and O–H groups in total. The van der Waals surface area contributed by atoms with E-state index in [0.29, 0.717) is 11.7 Å². The van der Waals surface area contributed by atoms with Crippen molar-refractivity contribution in [2.24, 2.45) is 5.92 Å². The van der Waals surface area contributed by atoms with Crippen LogP contribution in [0.5, 0.6) is 5.75 Å². The number of esters is 1. The van der Waals surface area contributed by atoms with E-state index in [4.69, 9.17) is 4.74 Å². The summed E-state index contributed by atoms with van der Waals surface area (Å²) in [7, 11) is -3.26. The maximum absolute atomic E-state index is 12.3. The molecule has 164 valence electrons. The van der Waals surface area contributed by atoms with Crippen molar-refractivity contribution in [3.05, 3.63) is 29.8 Å². The van der Waals surface area contributed by atoms with Crippen molar-refractivity contribution >= 4 is 16.0 Å². The first kappa shape index (κ1) is 23.8. The fraction of sp³-hybridized carbons (Fsp3) is 0.682. The molecule has 0 amide bonds. The molecule has 0 bridgehead atoms. The van der Waals surface area contributed by atoms with E-state index in [1.54, 1.807) is 20.8 Å². The molecule has 0 unspecified atom stereocenters. The third-order valence-electron chi connectivity index (χ3n) is 5.41. The van der Waals surface area contributed by atoms with E-state index in [0.717, 1.165) is 51.6 Å². The highest BCUT2D eigenvalue weighted by molar-refractivity contribution is 7.90. The van der Waals surface area contributed by atoms with Crippen LogP contribution in [-0.4, -0.2) is 38.3 Å². The first-order valence-corrected chi connectivity index (χ1v) is 12.0. The van der Waals surface area contributed by atoms with Crippen molar-refractivity contribution in [1.82, 2.24) is 10.0 Å². The second kappa shape index (κ2) is 10.5. The summed E-state index contributed by atoms with van der Waals surface area (Å²) >= 11 is 0. The lowest BCUT2D eigenvalue weighted by atomic mass is 9.86. The monoisotopic (exact) mass is 424 g/mol. The standard InChI is InChI=1S/C22H36N2O4S/c1-17(25)28-21-13-9-18(10-14-21)6-5-15-23-16-19-7-11-20(12-8-19)24-29(26,27)22(2,3)4/h9-10,13-14,19-20,23-24H,5-8,11-12,15-16H2,1-4H3. The molecule has 0 aliphatic heterocycles. The fourth-order valence-corrected chi connectivity index (χ4v) is 4.52. The minimum Gasteiger partial charge on any atom is -0.427 e. The first-order chi connectivity index (χ1) is 13.6. The van der Waals surface area contributed by atoms with Gasteiger partial charge in [0.15, 0.2) is 0 Å². The van der Waals surface area contributed by atoms with Gasteiger partial charge in [-0.05, 0) is 96.0 Å². The van der Waals surface area contributed by atoms with Crippen LogP contribution in [0.1, 0.15) is 65.4 Å². The normalized spacial score (nSPS) is 20.4. The van der Waals surface area contributed by atoms with Gasteiger partial charge in [-0.15, -0.1) is 0 Å². The van der Waals surface area contributed by atoms with Crippen LogP contribution < -0.4 is 14.8 Å². The molecule has 0 saturated heterocycles. The van der Waals surface area contributed by atoms with Crippen LogP contribution in [0.3, 0.4) is 0 Å². The zero-order chi connectivity index (χ0) is 21.5. The molecule has 6 nitrogen and oxygen atoms in total. The van der Waals surface area contributed by atoms with Gasteiger partial charge in [0, 0.05) is 13.0 Å². The molecule has 0 heterocycles. The number of benzene rings is 1. The third-order valence-corrected chi connectivity index (χ3v) is 7.67. The summed E-state index contributed by atoms with van der Waals surface area (Å²) in [5.41, 5.74) is 1.23. The van der Waals surface area contributed by atoms with Gasteiger partial charge in [-0.25, -0.2) is 13.1 Å². The van der Waals surface area contributed by atoms with Crippen LogP contribution in [0.4, 0.5) is 0 Å². The van der Waals surface area contributed by atoms with Gasteiger partial charge in [0.2, 0.25) is 10.0 Å². The van der Waals surface area contributed by atoms with Crippen molar-refractivity contribution < 1.29 is 17.9 Å². The van der Waals surface area contributed by atoms with Gasteiger partial charge in [0.1, 0.15) is 5.75 Å². The second-order valence-electron chi connectivity index (χ2n) is 9.00. The Morgan fingerprint density at radius 1 is 1.10 bits per heavy atom. The summed E-state index contributed by atoms with van der Waals surface area (Å²) < 4.78 is 31.7. The van der Waals surface area contributed by atoms with E-state index in [1.807, 2.05) is 24.3 Å². The average molecular weight is 425 g/mol. The lowest BCUT2D eigenvalue weighted by Crippen LogP contribution is -2.46. The van der Waals surface area contributed by atoms with Gasteiger partial charge >= 0.3 is 5.97 Å². The molecule has 0 radical (unpaired) electrons. The molecule has 1 fully saturated rings. The molecule has 0 spiro atoms. The molecular formula is C22H36N2O4S. The van der Waals surface area contributed by atoms with Gasteiger partial charge in [-0.2, -0.15) is 0 Å². The van der Waals surface area contributed by atoms with Crippen LogP contribution >= 0.6 is 0 Å². The van der Waals surface area contributed by atoms with E-state index in [2.05, 4.69) is 10.0 Å². The molecule has 1 aromatic rings. The number of carbonyl (C=O) groups is 1. The summed E-state index contributed by atoms with van der Waals surface area (Å²) in [6.07, 6.45) is 5.97. The van der Waals surface area contributed by atoms with Crippen LogP contribution in [0.2, 0.25) is 0 Å². The zero-order valence-corrected chi connectivity index (χ0v) is 19.0. The minimum atomic E-state index is -3.26. The Hall–Kier alpha value is -1.44. The molecule has 7 heteroatoms. The summed E-state index contributed by atoms with van der Waals surface area (Å²) in [5.74, 6) is 0.899. The van der Waals surface area contributed by atoms with Gasteiger partial charge in [0.25, 0.3) is 0 Å². The highest BCUT2D eigenvalue weighted by Gasteiger charge is 2.32. The smallest absolute Gasteiger partial charge is 0.308 e. The van der Waals surface area contributed by atoms with Gasteiger partial charge < -0.3 is 10.1 Å². The molecule has 0 atom stereocenters. The number of hydrogen-bond acceptors (Lipinski definition) is 5. The lowest BCUT2D eigenvalue weighted by molar-refractivity contribution is -0.131.